The number of rotatable bonds is 3. The third-order valence-electron chi connectivity index (χ3n) is 1.87. The van der Waals surface area contributed by atoms with Gasteiger partial charge in [0.15, 0.2) is 0 Å². The summed E-state index contributed by atoms with van der Waals surface area (Å²) < 4.78 is 9.36. The molecule has 0 aromatic heterocycles. The molecule has 1 aromatic rings. The van der Waals surface area contributed by atoms with E-state index in [9.17, 15) is 9.59 Å². The molecule has 0 unspecified atom stereocenters. The fourth-order valence-corrected chi connectivity index (χ4v) is 1.10. The van der Waals surface area contributed by atoms with Gasteiger partial charge in [-0.1, -0.05) is 0 Å². The molecule has 0 bridgehead atoms. The molecule has 1 amide bonds. The lowest BCUT2D eigenvalue weighted by molar-refractivity contribution is 0.0697. The smallest absolute Gasteiger partial charge is 0.411 e. The average Bonchev–Trinajstić information content (AvgIpc) is 2.28. The fourth-order valence-electron chi connectivity index (χ4n) is 1.10. The lowest BCUT2D eigenvalue weighted by atomic mass is 10.2. The van der Waals surface area contributed by atoms with Crippen LogP contribution >= 0.6 is 0 Å². The molecule has 0 fully saturated rings. The lowest BCUT2D eigenvalue weighted by Gasteiger charge is -2.09. The molecule has 0 saturated heterocycles. The molecule has 0 radical (unpaired) electrons. The molecule has 2 N–H and O–H groups in total. The van der Waals surface area contributed by atoms with Crippen molar-refractivity contribution >= 4 is 17.7 Å². The van der Waals surface area contributed by atoms with Gasteiger partial charge >= 0.3 is 12.1 Å². The summed E-state index contributed by atoms with van der Waals surface area (Å²) in [6.07, 6.45) is -0.694. The van der Waals surface area contributed by atoms with Crippen LogP contribution in [0.2, 0.25) is 0 Å². The van der Waals surface area contributed by atoms with Crippen LogP contribution in [-0.2, 0) is 4.74 Å². The van der Waals surface area contributed by atoms with Crippen LogP contribution in [0.15, 0.2) is 18.2 Å². The summed E-state index contributed by atoms with van der Waals surface area (Å²) in [4.78, 5) is 21.7. The van der Waals surface area contributed by atoms with Crippen LogP contribution in [0.5, 0.6) is 5.75 Å². The zero-order valence-electron chi connectivity index (χ0n) is 8.81. The predicted molar refractivity (Wildman–Crippen MR) is 56.0 cm³/mol. The number of ether oxygens (including phenoxy) is 2. The maximum Gasteiger partial charge on any atom is 0.411 e. The number of nitrogens with one attached hydrogen (secondary N) is 1. The second kappa shape index (κ2) is 5.01. The molecule has 0 aliphatic rings. The summed E-state index contributed by atoms with van der Waals surface area (Å²) in [7, 11) is 2.63. The number of hydrogen-bond donors (Lipinski definition) is 2. The Balaban J connectivity index is 3.06. The summed E-state index contributed by atoms with van der Waals surface area (Å²) in [5.41, 5.74) is 0.293. The van der Waals surface area contributed by atoms with Crippen molar-refractivity contribution in [2.45, 2.75) is 0 Å². The van der Waals surface area contributed by atoms with Gasteiger partial charge in [-0.2, -0.15) is 0 Å². The number of aromatic carboxylic acids is 1. The van der Waals surface area contributed by atoms with Crippen molar-refractivity contribution in [2.75, 3.05) is 19.5 Å². The SMILES string of the molecule is COC(=O)Nc1cc(C(=O)O)ccc1OC. The zero-order chi connectivity index (χ0) is 12.1. The van der Waals surface area contributed by atoms with Gasteiger partial charge in [-0.15, -0.1) is 0 Å². The summed E-state index contributed by atoms with van der Waals surface area (Å²) in [5, 5.41) is 11.1. The van der Waals surface area contributed by atoms with Crippen LogP contribution in [0.1, 0.15) is 10.4 Å². The monoisotopic (exact) mass is 225 g/mol. The Morgan fingerprint density at radius 2 is 2.00 bits per heavy atom. The molecule has 0 atom stereocenters. The van der Waals surface area contributed by atoms with Gasteiger partial charge in [0.05, 0.1) is 25.5 Å². The largest absolute Gasteiger partial charge is 0.495 e. The van der Waals surface area contributed by atoms with Crippen molar-refractivity contribution in [3.8, 4) is 5.75 Å². The number of benzene rings is 1. The molecule has 0 aliphatic carbocycles. The Morgan fingerprint density at radius 3 is 2.50 bits per heavy atom. The van der Waals surface area contributed by atoms with Gasteiger partial charge < -0.3 is 14.6 Å². The highest BCUT2D eigenvalue weighted by Crippen LogP contribution is 2.25. The predicted octanol–water partition coefficient (Wildman–Crippen LogP) is 1.57. The Bertz CT molecular complexity index is 416. The molecule has 16 heavy (non-hydrogen) atoms. The lowest BCUT2D eigenvalue weighted by Crippen LogP contribution is -2.12. The minimum Gasteiger partial charge on any atom is -0.495 e. The van der Waals surface area contributed by atoms with E-state index in [1.165, 1.54) is 32.4 Å². The Labute approximate surface area is 91.8 Å². The van der Waals surface area contributed by atoms with Gasteiger partial charge in [-0.3, -0.25) is 5.32 Å². The van der Waals surface area contributed by atoms with Crippen molar-refractivity contribution in [1.29, 1.82) is 0 Å². The van der Waals surface area contributed by atoms with E-state index >= 15 is 0 Å². The summed E-state index contributed by atoms with van der Waals surface area (Å²) in [6, 6.07) is 4.12. The highest BCUT2D eigenvalue weighted by molar-refractivity contribution is 5.93. The molecular formula is C10H11NO5. The first-order chi connectivity index (χ1) is 7.58. The molecular weight excluding hydrogens is 214 g/mol. The molecule has 86 valence electrons. The summed E-state index contributed by atoms with van der Waals surface area (Å²) in [6.45, 7) is 0. The van der Waals surface area contributed by atoms with E-state index in [4.69, 9.17) is 9.84 Å². The molecule has 6 nitrogen and oxygen atoms in total. The molecule has 0 aliphatic heterocycles. The summed E-state index contributed by atoms with van der Waals surface area (Å²) >= 11 is 0. The van der Waals surface area contributed by atoms with Gasteiger partial charge in [0.1, 0.15) is 5.75 Å². The van der Waals surface area contributed by atoms with Crippen molar-refractivity contribution in [3.63, 3.8) is 0 Å². The van der Waals surface area contributed by atoms with Crippen LogP contribution in [0.3, 0.4) is 0 Å². The van der Waals surface area contributed by atoms with Crippen molar-refractivity contribution < 1.29 is 24.2 Å². The quantitative estimate of drug-likeness (QED) is 0.815. The standard InChI is InChI=1S/C10H11NO5/c1-15-8-4-3-6(9(12)13)5-7(8)11-10(14)16-2/h3-5H,1-2H3,(H,11,14)(H,12,13). The second-order valence-corrected chi connectivity index (χ2v) is 2.84. The molecule has 0 saturated carbocycles. The van der Waals surface area contributed by atoms with Crippen LogP contribution in [-0.4, -0.2) is 31.4 Å². The first kappa shape index (κ1) is 11.8. The number of methoxy groups -OCH3 is 2. The van der Waals surface area contributed by atoms with E-state index in [2.05, 4.69) is 10.1 Å². The highest BCUT2D eigenvalue weighted by Gasteiger charge is 2.11. The minimum atomic E-state index is -1.09. The number of hydrogen-bond acceptors (Lipinski definition) is 4. The minimum absolute atomic E-state index is 0.0483. The average molecular weight is 225 g/mol. The fraction of sp³-hybridized carbons (Fsp3) is 0.200. The number of carboxylic acid groups (broad SMARTS) is 1. The summed E-state index contributed by atoms with van der Waals surface area (Å²) in [5.74, 6) is -0.731. The van der Waals surface area contributed by atoms with Crippen LogP contribution in [0.25, 0.3) is 0 Å². The Kier molecular flexibility index (Phi) is 3.71. The maximum atomic E-state index is 11.0. The molecule has 1 rings (SSSR count). The van der Waals surface area contributed by atoms with Crippen molar-refractivity contribution in [3.05, 3.63) is 23.8 Å². The Morgan fingerprint density at radius 1 is 1.31 bits per heavy atom. The Hall–Kier alpha value is -2.24. The topological polar surface area (TPSA) is 84.9 Å². The molecule has 1 aromatic carbocycles. The number of carbonyl (C=O) groups is 2. The van der Waals surface area contributed by atoms with Gasteiger partial charge in [0.25, 0.3) is 0 Å². The van der Waals surface area contributed by atoms with E-state index in [1.807, 2.05) is 0 Å². The van der Waals surface area contributed by atoms with Crippen molar-refractivity contribution in [1.82, 2.24) is 0 Å². The van der Waals surface area contributed by atoms with Gasteiger partial charge in [0.2, 0.25) is 0 Å². The van der Waals surface area contributed by atoms with E-state index in [0.29, 0.717) is 5.75 Å². The second-order valence-electron chi connectivity index (χ2n) is 2.84. The number of amides is 1. The molecule has 0 spiro atoms. The van der Waals surface area contributed by atoms with Crippen LogP contribution in [0, 0.1) is 0 Å². The van der Waals surface area contributed by atoms with Gasteiger partial charge in [0, 0.05) is 0 Å². The third kappa shape index (κ3) is 2.63. The third-order valence-corrected chi connectivity index (χ3v) is 1.87. The maximum absolute atomic E-state index is 11.0. The van der Waals surface area contributed by atoms with Crippen LogP contribution < -0.4 is 10.1 Å². The first-order valence-electron chi connectivity index (χ1n) is 4.34. The number of anilines is 1. The van der Waals surface area contributed by atoms with E-state index in [-0.39, 0.29) is 11.3 Å². The first-order valence-corrected chi connectivity index (χ1v) is 4.34. The van der Waals surface area contributed by atoms with E-state index in [0.717, 1.165) is 0 Å². The zero-order valence-corrected chi connectivity index (χ0v) is 8.81. The van der Waals surface area contributed by atoms with E-state index < -0.39 is 12.1 Å². The van der Waals surface area contributed by atoms with Gasteiger partial charge in [-0.05, 0) is 18.2 Å². The van der Waals surface area contributed by atoms with Crippen LogP contribution in [0.4, 0.5) is 10.5 Å². The van der Waals surface area contributed by atoms with E-state index in [1.54, 1.807) is 0 Å². The molecule has 0 heterocycles. The normalized spacial score (nSPS) is 9.38. The molecule has 6 heteroatoms. The highest BCUT2D eigenvalue weighted by atomic mass is 16.5. The van der Waals surface area contributed by atoms with Gasteiger partial charge in [-0.25, -0.2) is 9.59 Å². The van der Waals surface area contributed by atoms with Crippen molar-refractivity contribution in [2.24, 2.45) is 0 Å². The number of carboxylic acids is 1. The number of carbonyl (C=O) groups excluding carboxylic acids is 1.